The smallest absolute Gasteiger partial charge is 0.288 e. The largest absolute Gasteiger partial charge is 0.481 e. The standard InChI is InChI=1S/C15H9Br3ClN3O4/c16-9-4-10(17)15(11(18)5-9)26-7-14(23)21-20-6-8-1-2-12(19)13(3-8)22(24)25/h1-6H,7H2,(H,21,23)/b20-6+. The Morgan fingerprint density at radius 3 is 2.54 bits per heavy atom. The van der Waals surface area contributed by atoms with E-state index in [1.54, 1.807) is 12.1 Å². The zero-order valence-corrected chi connectivity index (χ0v) is 18.2. The van der Waals surface area contributed by atoms with Crippen LogP contribution in [0.5, 0.6) is 5.75 Å². The van der Waals surface area contributed by atoms with Crippen LogP contribution in [-0.4, -0.2) is 23.7 Å². The van der Waals surface area contributed by atoms with E-state index < -0.39 is 10.8 Å². The van der Waals surface area contributed by atoms with Gasteiger partial charge in [-0.05, 0) is 50.1 Å². The SMILES string of the molecule is O=C(COc1c(Br)cc(Br)cc1Br)N/N=C/c1ccc(Cl)c([N+](=O)[O-])c1. The predicted molar refractivity (Wildman–Crippen MR) is 109 cm³/mol. The summed E-state index contributed by atoms with van der Waals surface area (Å²) in [7, 11) is 0. The van der Waals surface area contributed by atoms with Crippen molar-refractivity contribution in [3.63, 3.8) is 0 Å². The number of nitro benzene ring substituents is 1. The normalized spacial score (nSPS) is 10.8. The van der Waals surface area contributed by atoms with Gasteiger partial charge in [-0.25, -0.2) is 5.43 Å². The van der Waals surface area contributed by atoms with Gasteiger partial charge in [-0.15, -0.1) is 0 Å². The van der Waals surface area contributed by atoms with Crippen molar-refractivity contribution in [3.05, 3.63) is 64.5 Å². The minimum Gasteiger partial charge on any atom is -0.481 e. The summed E-state index contributed by atoms with van der Waals surface area (Å²) in [5.41, 5.74) is 2.45. The molecule has 1 N–H and O–H groups in total. The highest BCUT2D eigenvalue weighted by atomic mass is 79.9. The molecule has 2 aromatic carbocycles. The number of nitrogens with zero attached hydrogens (tertiary/aromatic N) is 2. The second-order valence-corrected chi connectivity index (χ2v) is 7.78. The van der Waals surface area contributed by atoms with Crippen molar-refractivity contribution in [1.82, 2.24) is 5.43 Å². The summed E-state index contributed by atoms with van der Waals surface area (Å²) in [5, 5.41) is 14.6. The molecule has 0 heterocycles. The molecule has 0 aliphatic carbocycles. The van der Waals surface area contributed by atoms with Gasteiger partial charge in [0.15, 0.2) is 6.61 Å². The molecule has 26 heavy (non-hydrogen) atoms. The minimum atomic E-state index is -0.597. The Balaban J connectivity index is 1.94. The van der Waals surface area contributed by atoms with Gasteiger partial charge in [0.2, 0.25) is 0 Å². The fraction of sp³-hybridized carbons (Fsp3) is 0.0667. The van der Waals surface area contributed by atoms with Crippen molar-refractivity contribution < 1.29 is 14.5 Å². The molecule has 1 amide bonds. The molecule has 0 aliphatic heterocycles. The molecule has 2 rings (SSSR count). The van der Waals surface area contributed by atoms with Crippen LogP contribution in [0, 0.1) is 10.1 Å². The lowest BCUT2D eigenvalue weighted by atomic mass is 10.2. The van der Waals surface area contributed by atoms with Crippen LogP contribution in [0.3, 0.4) is 0 Å². The number of nitrogens with one attached hydrogen (secondary N) is 1. The van der Waals surface area contributed by atoms with Crippen LogP contribution in [0.25, 0.3) is 0 Å². The highest BCUT2D eigenvalue weighted by Gasteiger charge is 2.12. The van der Waals surface area contributed by atoms with Crippen LogP contribution in [0.15, 0.2) is 48.9 Å². The molecule has 0 unspecified atom stereocenters. The van der Waals surface area contributed by atoms with Gasteiger partial charge >= 0.3 is 0 Å². The van der Waals surface area contributed by atoms with Gasteiger partial charge in [-0.3, -0.25) is 14.9 Å². The Hall–Kier alpha value is -1.49. The van der Waals surface area contributed by atoms with Crippen molar-refractivity contribution >= 4 is 77.2 Å². The molecule has 11 heteroatoms. The van der Waals surface area contributed by atoms with E-state index in [9.17, 15) is 14.9 Å². The third-order valence-corrected chi connectivity index (χ3v) is 4.84. The maximum absolute atomic E-state index is 11.8. The Bertz CT molecular complexity index is 869. The number of halogens is 4. The average Bonchev–Trinajstić information content (AvgIpc) is 2.55. The first kappa shape index (κ1) is 20.8. The number of nitro groups is 1. The summed E-state index contributed by atoms with van der Waals surface area (Å²) in [6.07, 6.45) is 1.27. The number of carbonyl (C=O) groups is 1. The van der Waals surface area contributed by atoms with Crippen molar-refractivity contribution in [2.24, 2.45) is 5.10 Å². The van der Waals surface area contributed by atoms with Gasteiger partial charge in [-0.1, -0.05) is 33.6 Å². The van der Waals surface area contributed by atoms with Gasteiger partial charge in [0.25, 0.3) is 11.6 Å². The summed E-state index contributed by atoms with van der Waals surface area (Å²) in [6, 6.07) is 7.74. The van der Waals surface area contributed by atoms with Gasteiger partial charge in [0.05, 0.1) is 20.1 Å². The van der Waals surface area contributed by atoms with Crippen LogP contribution < -0.4 is 10.2 Å². The van der Waals surface area contributed by atoms with Crippen LogP contribution in [-0.2, 0) is 4.79 Å². The number of carbonyl (C=O) groups excluding carboxylic acids is 1. The molecule has 0 saturated heterocycles. The van der Waals surface area contributed by atoms with Crippen LogP contribution in [0.2, 0.25) is 5.02 Å². The first-order chi connectivity index (χ1) is 12.3. The van der Waals surface area contributed by atoms with E-state index in [2.05, 4.69) is 58.3 Å². The number of hydrogen-bond donors (Lipinski definition) is 1. The Morgan fingerprint density at radius 2 is 1.92 bits per heavy atom. The lowest BCUT2D eigenvalue weighted by molar-refractivity contribution is -0.384. The molecule has 0 radical (unpaired) electrons. The number of amides is 1. The monoisotopic (exact) mass is 567 g/mol. The molecular weight excluding hydrogens is 561 g/mol. The molecule has 0 saturated carbocycles. The maximum Gasteiger partial charge on any atom is 0.288 e. The average molecular weight is 570 g/mol. The Morgan fingerprint density at radius 1 is 1.27 bits per heavy atom. The van der Waals surface area contributed by atoms with Crippen molar-refractivity contribution in [3.8, 4) is 5.75 Å². The Labute approximate surface area is 178 Å². The molecule has 136 valence electrons. The highest BCUT2D eigenvalue weighted by molar-refractivity contribution is 9.11. The fourth-order valence-corrected chi connectivity index (χ4v) is 4.44. The lowest BCUT2D eigenvalue weighted by Crippen LogP contribution is -2.24. The van der Waals surface area contributed by atoms with Crippen molar-refractivity contribution in [2.75, 3.05) is 6.61 Å². The molecule has 2 aromatic rings. The predicted octanol–water partition coefficient (Wildman–Crippen LogP) is 5.06. The topological polar surface area (TPSA) is 93.8 Å². The van der Waals surface area contributed by atoms with E-state index in [-0.39, 0.29) is 17.3 Å². The van der Waals surface area contributed by atoms with E-state index in [4.69, 9.17) is 16.3 Å². The maximum atomic E-state index is 11.8. The summed E-state index contributed by atoms with van der Waals surface area (Å²) in [5.74, 6) is -0.0212. The second-order valence-electron chi connectivity index (χ2n) is 4.75. The van der Waals surface area contributed by atoms with E-state index >= 15 is 0 Å². The van der Waals surface area contributed by atoms with Gasteiger partial charge in [0, 0.05) is 16.1 Å². The third kappa shape index (κ3) is 5.76. The summed E-state index contributed by atoms with van der Waals surface area (Å²) in [6.45, 7) is -0.267. The molecule has 0 fully saturated rings. The van der Waals surface area contributed by atoms with Gasteiger partial charge in [0.1, 0.15) is 10.8 Å². The first-order valence-corrected chi connectivity index (χ1v) is 9.57. The Kier molecular flexibility index (Phi) is 7.56. The summed E-state index contributed by atoms with van der Waals surface area (Å²) in [4.78, 5) is 22.0. The lowest BCUT2D eigenvalue weighted by Gasteiger charge is -2.09. The number of rotatable bonds is 6. The molecule has 0 aliphatic rings. The van der Waals surface area contributed by atoms with Crippen LogP contribution in [0.4, 0.5) is 5.69 Å². The van der Waals surface area contributed by atoms with E-state index in [1.165, 1.54) is 24.4 Å². The van der Waals surface area contributed by atoms with E-state index in [0.29, 0.717) is 20.3 Å². The zero-order chi connectivity index (χ0) is 19.3. The number of hydrazone groups is 1. The summed E-state index contributed by atoms with van der Waals surface area (Å²) < 4.78 is 7.63. The van der Waals surface area contributed by atoms with Gasteiger partial charge < -0.3 is 4.74 Å². The van der Waals surface area contributed by atoms with Crippen LogP contribution >= 0.6 is 59.4 Å². The molecule has 0 bridgehead atoms. The minimum absolute atomic E-state index is 0.0234. The molecular formula is C15H9Br3ClN3O4. The zero-order valence-electron chi connectivity index (χ0n) is 12.7. The number of ether oxygens (including phenoxy) is 1. The van der Waals surface area contributed by atoms with E-state index in [1.807, 2.05) is 0 Å². The fourth-order valence-electron chi connectivity index (χ4n) is 1.77. The van der Waals surface area contributed by atoms with Crippen molar-refractivity contribution in [1.29, 1.82) is 0 Å². The highest BCUT2D eigenvalue weighted by Crippen LogP contribution is 2.36. The second kappa shape index (κ2) is 9.45. The van der Waals surface area contributed by atoms with Crippen LogP contribution in [0.1, 0.15) is 5.56 Å². The summed E-state index contributed by atoms with van der Waals surface area (Å²) >= 11 is 15.8. The number of hydrogen-bond acceptors (Lipinski definition) is 5. The first-order valence-electron chi connectivity index (χ1n) is 6.81. The quantitative estimate of drug-likeness (QED) is 0.299. The molecule has 0 aromatic heterocycles. The molecule has 0 spiro atoms. The number of benzene rings is 2. The van der Waals surface area contributed by atoms with Gasteiger partial charge in [-0.2, -0.15) is 5.10 Å². The van der Waals surface area contributed by atoms with Crippen molar-refractivity contribution in [2.45, 2.75) is 0 Å². The molecule has 0 atom stereocenters. The van der Waals surface area contributed by atoms with E-state index in [0.717, 1.165) is 4.47 Å². The third-order valence-electron chi connectivity index (χ3n) is 2.88. The molecule has 7 nitrogen and oxygen atoms in total.